The summed E-state index contributed by atoms with van der Waals surface area (Å²) in [6.07, 6.45) is 3.64. The molecule has 150 valence electrons. The minimum atomic E-state index is -0.281. The molecule has 4 rings (SSSR count). The molecule has 0 atom stereocenters. The topological polar surface area (TPSA) is 64.1 Å². The van der Waals surface area contributed by atoms with Gasteiger partial charge in [-0.3, -0.25) is 9.78 Å². The van der Waals surface area contributed by atoms with Gasteiger partial charge in [0.15, 0.2) is 0 Å². The highest BCUT2D eigenvalue weighted by Crippen LogP contribution is 2.23. The highest BCUT2D eigenvalue weighted by Gasteiger charge is 2.10. The predicted molar refractivity (Wildman–Crippen MR) is 115 cm³/mol. The fourth-order valence-corrected chi connectivity index (χ4v) is 3.60. The number of nitrogens with one attached hydrogen (secondary N) is 1. The number of aromatic nitrogens is 2. The van der Waals surface area contributed by atoms with Crippen molar-refractivity contribution in [1.82, 2.24) is 9.97 Å². The molecule has 2 aromatic heterocycles. The van der Waals surface area contributed by atoms with E-state index in [1.165, 1.54) is 23.5 Å². The van der Waals surface area contributed by atoms with E-state index < -0.39 is 0 Å². The van der Waals surface area contributed by atoms with Crippen LogP contribution in [0.3, 0.4) is 0 Å². The Morgan fingerprint density at radius 2 is 1.97 bits per heavy atom. The van der Waals surface area contributed by atoms with E-state index in [0.29, 0.717) is 23.7 Å². The molecule has 4 aromatic rings. The second-order valence-corrected chi connectivity index (χ2v) is 7.41. The molecular formula is C23H18FN3O2S. The molecule has 0 unspecified atom stereocenters. The molecule has 1 amide bonds. The predicted octanol–water partition coefficient (Wildman–Crippen LogP) is 5.10. The van der Waals surface area contributed by atoms with Crippen molar-refractivity contribution in [3.05, 3.63) is 95.5 Å². The first kappa shape index (κ1) is 19.7. The van der Waals surface area contributed by atoms with Gasteiger partial charge in [0.05, 0.1) is 12.1 Å². The number of amides is 1. The number of benzene rings is 2. The Morgan fingerprint density at radius 3 is 2.77 bits per heavy atom. The first-order valence-electron chi connectivity index (χ1n) is 9.28. The van der Waals surface area contributed by atoms with E-state index in [9.17, 15) is 9.18 Å². The number of anilines is 1. The van der Waals surface area contributed by atoms with E-state index in [-0.39, 0.29) is 18.1 Å². The molecule has 0 radical (unpaired) electrons. The average Bonchev–Trinajstić information content (AvgIpc) is 3.22. The van der Waals surface area contributed by atoms with Crippen molar-refractivity contribution in [2.45, 2.75) is 13.0 Å². The minimum absolute atomic E-state index is 0.159. The minimum Gasteiger partial charge on any atom is -0.489 e. The van der Waals surface area contributed by atoms with E-state index in [1.807, 2.05) is 17.5 Å². The second kappa shape index (κ2) is 9.28. The fourth-order valence-electron chi connectivity index (χ4n) is 2.79. The Hall–Kier alpha value is -3.58. The molecule has 1 N–H and O–H groups in total. The largest absolute Gasteiger partial charge is 0.489 e. The monoisotopic (exact) mass is 419 g/mol. The number of pyridine rings is 1. The van der Waals surface area contributed by atoms with Crippen LogP contribution in [0.25, 0.3) is 10.6 Å². The first-order chi connectivity index (χ1) is 14.7. The summed E-state index contributed by atoms with van der Waals surface area (Å²) in [6.45, 7) is 0.313. The molecule has 0 aliphatic rings. The molecule has 30 heavy (non-hydrogen) atoms. The van der Waals surface area contributed by atoms with Crippen LogP contribution in [0.4, 0.5) is 10.1 Å². The fraction of sp³-hybridized carbons (Fsp3) is 0.0870. The van der Waals surface area contributed by atoms with E-state index in [1.54, 1.807) is 48.8 Å². The van der Waals surface area contributed by atoms with Crippen LogP contribution in [0.5, 0.6) is 5.75 Å². The number of hydrogen-bond donors (Lipinski definition) is 1. The number of rotatable bonds is 7. The van der Waals surface area contributed by atoms with Gasteiger partial charge in [0.1, 0.15) is 23.2 Å². The third kappa shape index (κ3) is 5.27. The summed E-state index contributed by atoms with van der Waals surface area (Å²) in [5.74, 6) is 0.175. The molecule has 0 aliphatic carbocycles. The molecule has 0 bridgehead atoms. The molecular weight excluding hydrogens is 401 g/mol. The summed E-state index contributed by atoms with van der Waals surface area (Å²) >= 11 is 1.48. The number of carbonyl (C=O) groups is 1. The van der Waals surface area contributed by atoms with Gasteiger partial charge < -0.3 is 10.1 Å². The number of carbonyl (C=O) groups excluding carboxylic acids is 1. The number of ether oxygens (including phenoxy) is 1. The van der Waals surface area contributed by atoms with Crippen LogP contribution in [-0.4, -0.2) is 15.9 Å². The molecule has 0 saturated heterocycles. The van der Waals surface area contributed by atoms with Crippen LogP contribution in [0, 0.1) is 5.82 Å². The lowest BCUT2D eigenvalue weighted by Crippen LogP contribution is -2.14. The Bertz CT molecular complexity index is 1130. The number of nitrogens with zero attached hydrogens (tertiary/aromatic N) is 2. The van der Waals surface area contributed by atoms with Crippen LogP contribution in [0.15, 0.2) is 78.4 Å². The van der Waals surface area contributed by atoms with Gasteiger partial charge in [0, 0.05) is 35.1 Å². The molecule has 2 heterocycles. The summed E-state index contributed by atoms with van der Waals surface area (Å²) in [5, 5.41) is 5.58. The maximum absolute atomic E-state index is 13.0. The van der Waals surface area contributed by atoms with Gasteiger partial charge in [-0.25, -0.2) is 9.37 Å². The summed E-state index contributed by atoms with van der Waals surface area (Å²) < 4.78 is 18.7. The van der Waals surface area contributed by atoms with Gasteiger partial charge in [0.25, 0.3) is 0 Å². The summed E-state index contributed by atoms with van der Waals surface area (Å²) in [6, 6.07) is 17.1. The van der Waals surface area contributed by atoms with Crippen molar-refractivity contribution in [2.75, 3.05) is 5.32 Å². The van der Waals surface area contributed by atoms with E-state index in [2.05, 4.69) is 15.3 Å². The van der Waals surface area contributed by atoms with Crippen molar-refractivity contribution in [3.8, 4) is 16.3 Å². The Balaban J connectivity index is 1.34. The van der Waals surface area contributed by atoms with Crippen molar-refractivity contribution in [2.24, 2.45) is 0 Å². The maximum Gasteiger partial charge on any atom is 0.230 e. The summed E-state index contributed by atoms with van der Waals surface area (Å²) in [5.41, 5.74) is 3.14. The van der Waals surface area contributed by atoms with Gasteiger partial charge in [-0.1, -0.05) is 18.2 Å². The normalized spacial score (nSPS) is 10.6. The lowest BCUT2D eigenvalue weighted by Gasteiger charge is -2.09. The zero-order chi connectivity index (χ0) is 20.8. The second-order valence-electron chi connectivity index (χ2n) is 6.55. The zero-order valence-corrected chi connectivity index (χ0v) is 16.7. The molecule has 0 aliphatic heterocycles. The highest BCUT2D eigenvalue weighted by atomic mass is 32.1. The van der Waals surface area contributed by atoms with Gasteiger partial charge in [0.2, 0.25) is 5.91 Å². The zero-order valence-electron chi connectivity index (χ0n) is 15.9. The lowest BCUT2D eigenvalue weighted by molar-refractivity contribution is -0.115. The molecule has 0 fully saturated rings. The van der Waals surface area contributed by atoms with E-state index in [4.69, 9.17) is 4.74 Å². The average molecular weight is 419 g/mol. The van der Waals surface area contributed by atoms with E-state index >= 15 is 0 Å². The van der Waals surface area contributed by atoms with Crippen molar-refractivity contribution < 1.29 is 13.9 Å². The van der Waals surface area contributed by atoms with Crippen molar-refractivity contribution >= 4 is 22.9 Å². The maximum atomic E-state index is 13.0. The lowest BCUT2D eigenvalue weighted by atomic mass is 10.2. The number of hydrogen-bond acceptors (Lipinski definition) is 5. The van der Waals surface area contributed by atoms with Crippen molar-refractivity contribution in [1.29, 1.82) is 0 Å². The van der Waals surface area contributed by atoms with Crippen LogP contribution < -0.4 is 10.1 Å². The quantitative estimate of drug-likeness (QED) is 0.452. The molecule has 2 aromatic carbocycles. The number of thiazole rings is 1. The first-order valence-corrected chi connectivity index (χ1v) is 10.2. The standard InChI is InChI=1S/C23H18FN3O2S/c24-18-8-6-16(7-9-18)14-29-21-5-1-4-19(11-21)26-22(28)12-20-15-30-23(27-20)17-3-2-10-25-13-17/h1-11,13,15H,12,14H2,(H,26,28). The van der Waals surface area contributed by atoms with Gasteiger partial charge in [-0.15, -0.1) is 11.3 Å². The Kier molecular flexibility index (Phi) is 6.10. The Morgan fingerprint density at radius 1 is 1.10 bits per heavy atom. The molecule has 0 saturated carbocycles. The SMILES string of the molecule is O=C(Cc1csc(-c2cccnc2)n1)Nc1cccc(OCc2ccc(F)cc2)c1. The van der Waals surface area contributed by atoms with Gasteiger partial charge >= 0.3 is 0 Å². The van der Waals surface area contributed by atoms with Crippen LogP contribution in [-0.2, 0) is 17.8 Å². The Labute approximate surface area is 177 Å². The highest BCUT2D eigenvalue weighted by molar-refractivity contribution is 7.13. The van der Waals surface area contributed by atoms with Crippen LogP contribution >= 0.6 is 11.3 Å². The van der Waals surface area contributed by atoms with Gasteiger partial charge in [-0.05, 0) is 42.0 Å². The van der Waals surface area contributed by atoms with E-state index in [0.717, 1.165) is 16.1 Å². The molecule has 5 nitrogen and oxygen atoms in total. The van der Waals surface area contributed by atoms with Gasteiger partial charge in [-0.2, -0.15) is 0 Å². The van der Waals surface area contributed by atoms with Crippen molar-refractivity contribution in [3.63, 3.8) is 0 Å². The third-order valence-electron chi connectivity index (χ3n) is 4.24. The molecule has 7 heteroatoms. The molecule has 0 spiro atoms. The van der Waals surface area contributed by atoms with Crippen LogP contribution in [0.1, 0.15) is 11.3 Å². The number of halogens is 1. The third-order valence-corrected chi connectivity index (χ3v) is 5.18. The smallest absolute Gasteiger partial charge is 0.230 e. The van der Waals surface area contributed by atoms with Crippen LogP contribution in [0.2, 0.25) is 0 Å². The summed E-state index contributed by atoms with van der Waals surface area (Å²) in [4.78, 5) is 21.0. The summed E-state index contributed by atoms with van der Waals surface area (Å²) in [7, 11) is 0.